The lowest BCUT2D eigenvalue weighted by Gasteiger charge is -2.22. The van der Waals surface area contributed by atoms with E-state index in [0.717, 1.165) is 0 Å². The molecular formula is C15H28O7. The fraction of sp³-hybridized carbons (Fsp3) is 0.733. The molecule has 7 nitrogen and oxygen atoms in total. The first-order valence-corrected chi connectivity index (χ1v) is 7.18. The van der Waals surface area contributed by atoms with Crippen molar-refractivity contribution in [2.45, 2.75) is 18.3 Å². The van der Waals surface area contributed by atoms with E-state index < -0.39 is 18.3 Å². The molecule has 3 N–H and O–H groups in total. The molecule has 0 fully saturated rings. The maximum absolute atomic E-state index is 9.58. The van der Waals surface area contributed by atoms with Crippen molar-refractivity contribution in [3.8, 4) is 0 Å². The van der Waals surface area contributed by atoms with Crippen LogP contribution >= 0.6 is 0 Å². The highest BCUT2D eigenvalue weighted by Crippen LogP contribution is 2.01. The molecule has 0 radical (unpaired) electrons. The van der Waals surface area contributed by atoms with Gasteiger partial charge in [0.05, 0.1) is 52.9 Å². The van der Waals surface area contributed by atoms with Gasteiger partial charge in [-0.05, 0) is 0 Å². The van der Waals surface area contributed by atoms with Gasteiger partial charge >= 0.3 is 0 Å². The summed E-state index contributed by atoms with van der Waals surface area (Å²) in [5.41, 5.74) is 0. The molecule has 0 aromatic carbocycles. The van der Waals surface area contributed by atoms with Gasteiger partial charge < -0.3 is 34.3 Å². The molecule has 0 spiro atoms. The van der Waals surface area contributed by atoms with Gasteiger partial charge in [-0.15, -0.1) is 13.2 Å². The second-order valence-corrected chi connectivity index (χ2v) is 4.59. The Morgan fingerprint density at radius 2 is 1.23 bits per heavy atom. The van der Waals surface area contributed by atoms with Crippen molar-refractivity contribution in [1.29, 1.82) is 0 Å². The van der Waals surface area contributed by atoms with E-state index in [4.69, 9.17) is 18.9 Å². The van der Waals surface area contributed by atoms with Crippen molar-refractivity contribution in [2.24, 2.45) is 0 Å². The molecule has 0 aromatic heterocycles. The fourth-order valence-electron chi connectivity index (χ4n) is 1.50. The molecule has 0 bridgehead atoms. The van der Waals surface area contributed by atoms with E-state index in [9.17, 15) is 15.3 Å². The predicted octanol–water partition coefficient (Wildman–Crippen LogP) is -0.492. The zero-order valence-corrected chi connectivity index (χ0v) is 12.9. The highest BCUT2D eigenvalue weighted by atomic mass is 16.6. The number of hydrogen-bond acceptors (Lipinski definition) is 7. The van der Waals surface area contributed by atoms with Crippen LogP contribution in [-0.4, -0.2) is 86.5 Å². The molecule has 0 aromatic rings. The van der Waals surface area contributed by atoms with Crippen LogP contribution in [0.1, 0.15) is 0 Å². The lowest BCUT2D eigenvalue weighted by atomic mass is 10.3. The van der Waals surface area contributed by atoms with Crippen LogP contribution in [0.3, 0.4) is 0 Å². The Hall–Kier alpha value is -0.800. The summed E-state index contributed by atoms with van der Waals surface area (Å²) in [5, 5.41) is 28.0. The van der Waals surface area contributed by atoms with Crippen molar-refractivity contribution in [3.63, 3.8) is 0 Å². The first kappa shape index (κ1) is 21.2. The van der Waals surface area contributed by atoms with Gasteiger partial charge in [0.2, 0.25) is 0 Å². The molecule has 22 heavy (non-hydrogen) atoms. The first-order valence-electron chi connectivity index (χ1n) is 7.18. The second kappa shape index (κ2) is 15.1. The average molecular weight is 320 g/mol. The molecule has 0 saturated heterocycles. The zero-order chi connectivity index (χ0) is 16.6. The van der Waals surface area contributed by atoms with E-state index in [1.165, 1.54) is 0 Å². The Morgan fingerprint density at radius 1 is 0.773 bits per heavy atom. The quantitative estimate of drug-likeness (QED) is 0.261. The SMILES string of the molecule is C=CCOCC(O)COCC(CO)OC(CO)COCC=C. The highest BCUT2D eigenvalue weighted by molar-refractivity contribution is 4.67. The molecule has 3 unspecified atom stereocenters. The van der Waals surface area contributed by atoms with Crippen LogP contribution in [0.4, 0.5) is 0 Å². The molecule has 0 aliphatic rings. The molecule has 0 saturated carbocycles. The number of aliphatic hydroxyl groups is 3. The lowest BCUT2D eigenvalue weighted by Crippen LogP contribution is -2.35. The Morgan fingerprint density at radius 3 is 1.73 bits per heavy atom. The summed E-state index contributed by atoms with van der Waals surface area (Å²) in [6.07, 6.45) is 1.26. The Bertz CT molecular complexity index is 273. The van der Waals surface area contributed by atoms with Gasteiger partial charge in [-0.3, -0.25) is 0 Å². The smallest absolute Gasteiger partial charge is 0.104 e. The summed E-state index contributed by atoms with van der Waals surface area (Å²) in [6, 6.07) is 0. The van der Waals surface area contributed by atoms with Gasteiger partial charge in [-0.2, -0.15) is 0 Å². The van der Waals surface area contributed by atoms with E-state index in [1.807, 2.05) is 0 Å². The van der Waals surface area contributed by atoms with E-state index in [-0.39, 0.29) is 39.6 Å². The van der Waals surface area contributed by atoms with Crippen molar-refractivity contribution in [1.82, 2.24) is 0 Å². The van der Waals surface area contributed by atoms with Crippen LogP contribution in [-0.2, 0) is 18.9 Å². The fourth-order valence-corrected chi connectivity index (χ4v) is 1.50. The van der Waals surface area contributed by atoms with Crippen molar-refractivity contribution >= 4 is 0 Å². The summed E-state index contributed by atoms with van der Waals surface area (Å²) in [6.45, 7) is 7.73. The minimum atomic E-state index is -0.760. The van der Waals surface area contributed by atoms with E-state index in [2.05, 4.69) is 13.2 Å². The summed E-state index contributed by atoms with van der Waals surface area (Å²) in [5.74, 6) is 0. The minimum absolute atomic E-state index is 0.0633. The minimum Gasteiger partial charge on any atom is -0.394 e. The van der Waals surface area contributed by atoms with Gasteiger partial charge in [-0.1, -0.05) is 12.2 Å². The average Bonchev–Trinajstić information content (AvgIpc) is 2.52. The lowest BCUT2D eigenvalue weighted by molar-refractivity contribution is -0.120. The molecule has 0 heterocycles. The summed E-state index contributed by atoms with van der Waals surface area (Å²) >= 11 is 0. The zero-order valence-electron chi connectivity index (χ0n) is 12.9. The van der Waals surface area contributed by atoms with Gasteiger partial charge in [0.1, 0.15) is 18.3 Å². The van der Waals surface area contributed by atoms with E-state index >= 15 is 0 Å². The summed E-state index contributed by atoms with van der Waals surface area (Å²) in [7, 11) is 0. The van der Waals surface area contributed by atoms with Crippen molar-refractivity contribution < 1.29 is 34.3 Å². The summed E-state index contributed by atoms with van der Waals surface area (Å²) < 4.78 is 21.0. The molecule has 3 atom stereocenters. The second-order valence-electron chi connectivity index (χ2n) is 4.59. The standard InChI is InChI=1S/C15H28O7/c1-3-5-19-9-13(18)10-21-12-15(8-17)22-14(7-16)11-20-6-4-2/h3-4,13-18H,1-2,5-12H2. The van der Waals surface area contributed by atoms with Crippen LogP contribution < -0.4 is 0 Å². The largest absolute Gasteiger partial charge is 0.394 e. The molecule has 0 amide bonds. The molecule has 0 aliphatic heterocycles. The van der Waals surface area contributed by atoms with Gasteiger partial charge in [-0.25, -0.2) is 0 Å². The third-order valence-corrected chi connectivity index (χ3v) is 2.49. The van der Waals surface area contributed by atoms with E-state index in [0.29, 0.717) is 13.2 Å². The number of rotatable bonds is 16. The Labute approximate surface area is 131 Å². The van der Waals surface area contributed by atoms with Crippen molar-refractivity contribution in [3.05, 3.63) is 25.3 Å². The van der Waals surface area contributed by atoms with E-state index in [1.54, 1.807) is 12.2 Å². The maximum Gasteiger partial charge on any atom is 0.104 e. The molecule has 7 heteroatoms. The summed E-state index contributed by atoms with van der Waals surface area (Å²) in [4.78, 5) is 0. The monoisotopic (exact) mass is 320 g/mol. The molecule has 0 aliphatic carbocycles. The van der Waals surface area contributed by atoms with Crippen LogP contribution in [0.2, 0.25) is 0 Å². The predicted molar refractivity (Wildman–Crippen MR) is 81.7 cm³/mol. The van der Waals surface area contributed by atoms with Crippen LogP contribution in [0.25, 0.3) is 0 Å². The number of ether oxygens (including phenoxy) is 4. The van der Waals surface area contributed by atoms with Gasteiger partial charge in [0.25, 0.3) is 0 Å². The Kier molecular flexibility index (Phi) is 14.6. The third-order valence-electron chi connectivity index (χ3n) is 2.49. The highest BCUT2D eigenvalue weighted by Gasteiger charge is 2.17. The first-order chi connectivity index (χ1) is 10.7. The topological polar surface area (TPSA) is 97.6 Å². The number of aliphatic hydroxyl groups excluding tert-OH is 3. The van der Waals surface area contributed by atoms with Gasteiger partial charge in [0.15, 0.2) is 0 Å². The van der Waals surface area contributed by atoms with Crippen LogP contribution in [0, 0.1) is 0 Å². The van der Waals surface area contributed by atoms with Crippen LogP contribution in [0.15, 0.2) is 25.3 Å². The maximum atomic E-state index is 9.58. The van der Waals surface area contributed by atoms with Crippen molar-refractivity contribution in [2.75, 3.05) is 52.9 Å². The third kappa shape index (κ3) is 11.8. The Balaban J connectivity index is 3.88. The molecular weight excluding hydrogens is 292 g/mol. The normalized spacial score (nSPS) is 15.2. The molecule has 130 valence electrons. The van der Waals surface area contributed by atoms with Crippen LogP contribution in [0.5, 0.6) is 0 Å². The van der Waals surface area contributed by atoms with Gasteiger partial charge in [0, 0.05) is 0 Å². The molecule has 0 rings (SSSR count). The number of hydrogen-bond donors (Lipinski definition) is 3.